The molecule has 1 aromatic heterocycles. The molecule has 0 aliphatic carbocycles. The third-order valence-corrected chi connectivity index (χ3v) is 5.22. The molecule has 0 fully saturated rings. The van der Waals surface area contributed by atoms with E-state index in [1.807, 2.05) is 29.8 Å². The van der Waals surface area contributed by atoms with E-state index in [0.717, 1.165) is 19.8 Å². The van der Waals surface area contributed by atoms with Crippen molar-refractivity contribution in [2.75, 3.05) is 6.26 Å². The van der Waals surface area contributed by atoms with E-state index in [2.05, 4.69) is 22.0 Å². The number of hydrogen-bond donors (Lipinski definition) is 0. The molecule has 2 aromatic rings. The predicted octanol–water partition coefficient (Wildman–Crippen LogP) is 5.42. The van der Waals surface area contributed by atoms with Gasteiger partial charge in [-0.3, -0.25) is 0 Å². The van der Waals surface area contributed by atoms with Gasteiger partial charge in [-0.2, -0.15) is 5.26 Å². The standard InChI is InChI=1S/C12H7BrClNS2/c1-16-12-9(5-15)10(6-17-12)8-3-2-7(13)4-11(8)14/h2-4,6H,1H3. The highest BCUT2D eigenvalue weighted by molar-refractivity contribution is 9.10. The molecule has 0 aliphatic rings. The molecule has 0 radical (unpaired) electrons. The molecule has 0 aliphatic heterocycles. The van der Waals surface area contributed by atoms with Gasteiger partial charge in [-0.1, -0.05) is 33.6 Å². The minimum Gasteiger partial charge on any atom is -0.192 e. The van der Waals surface area contributed by atoms with Crippen molar-refractivity contribution in [3.63, 3.8) is 0 Å². The largest absolute Gasteiger partial charge is 0.192 e. The minimum absolute atomic E-state index is 0.654. The van der Waals surface area contributed by atoms with Crippen LogP contribution in [0.15, 0.2) is 32.3 Å². The van der Waals surface area contributed by atoms with Crippen LogP contribution in [0.25, 0.3) is 11.1 Å². The van der Waals surface area contributed by atoms with Crippen LogP contribution < -0.4 is 0 Å². The average molecular weight is 345 g/mol. The lowest BCUT2D eigenvalue weighted by molar-refractivity contribution is 1.46. The molecule has 17 heavy (non-hydrogen) atoms. The van der Waals surface area contributed by atoms with Crippen LogP contribution in [-0.2, 0) is 0 Å². The van der Waals surface area contributed by atoms with Crippen molar-refractivity contribution in [1.29, 1.82) is 5.26 Å². The van der Waals surface area contributed by atoms with Crippen LogP contribution in [0.4, 0.5) is 0 Å². The molecule has 0 N–H and O–H groups in total. The zero-order valence-corrected chi connectivity index (χ0v) is 12.8. The highest BCUT2D eigenvalue weighted by Crippen LogP contribution is 2.39. The molecular formula is C12H7BrClNS2. The second kappa shape index (κ2) is 5.45. The van der Waals surface area contributed by atoms with E-state index in [0.29, 0.717) is 10.6 Å². The highest BCUT2D eigenvalue weighted by atomic mass is 79.9. The Hall–Kier alpha value is -0.470. The normalized spacial score (nSPS) is 10.2. The predicted molar refractivity (Wildman–Crippen MR) is 79.0 cm³/mol. The highest BCUT2D eigenvalue weighted by Gasteiger charge is 2.14. The molecule has 0 spiro atoms. The van der Waals surface area contributed by atoms with Gasteiger partial charge in [0.25, 0.3) is 0 Å². The summed E-state index contributed by atoms with van der Waals surface area (Å²) in [5.41, 5.74) is 2.54. The van der Waals surface area contributed by atoms with Gasteiger partial charge in [0.2, 0.25) is 0 Å². The van der Waals surface area contributed by atoms with Crippen LogP contribution in [0.5, 0.6) is 0 Å². The lowest BCUT2D eigenvalue weighted by Crippen LogP contribution is -1.82. The molecule has 1 nitrogen and oxygen atoms in total. The van der Waals surface area contributed by atoms with E-state index in [-0.39, 0.29) is 0 Å². The maximum Gasteiger partial charge on any atom is 0.102 e. The summed E-state index contributed by atoms with van der Waals surface area (Å²) in [5.74, 6) is 0. The lowest BCUT2D eigenvalue weighted by Gasteiger charge is -2.03. The Bertz CT molecular complexity index is 601. The molecule has 1 heterocycles. The fraction of sp³-hybridized carbons (Fsp3) is 0.0833. The first-order valence-electron chi connectivity index (χ1n) is 4.68. The maximum absolute atomic E-state index is 9.22. The monoisotopic (exact) mass is 343 g/mol. The molecule has 5 heteroatoms. The van der Waals surface area contributed by atoms with Gasteiger partial charge < -0.3 is 0 Å². The molecule has 0 amide bonds. The van der Waals surface area contributed by atoms with Crippen molar-refractivity contribution in [2.24, 2.45) is 0 Å². The van der Waals surface area contributed by atoms with Gasteiger partial charge in [-0.15, -0.1) is 23.1 Å². The van der Waals surface area contributed by atoms with Gasteiger partial charge in [0.05, 0.1) is 9.77 Å². The Balaban J connectivity index is 2.61. The Kier molecular flexibility index (Phi) is 4.16. The number of rotatable bonds is 2. The Morgan fingerprint density at radius 1 is 1.41 bits per heavy atom. The summed E-state index contributed by atoms with van der Waals surface area (Å²) in [6, 6.07) is 7.96. The third kappa shape index (κ3) is 2.53. The van der Waals surface area contributed by atoms with E-state index in [9.17, 15) is 5.26 Å². The molecule has 0 bridgehead atoms. The Morgan fingerprint density at radius 2 is 2.18 bits per heavy atom. The number of thioether (sulfide) groups is 1. The second-order valence-corrected chi connectivity index (χ2v) is 6.53. The van der Waals surface area contributed by atoms with Crippen LogP contribution >= 0.6 is 50.6 Å². The zero-order chi connectivity index (χ0) is 12.4. The number of benzene rings is 1. The number of hydrogen-bond acceptors (Lipinski definition) is 3. The van der Waals surface area contributed by atoms with Crippen LogP contribution in [-0.4, -0.2) is 6.26 Å². The first kappa shape index (κ1) is 13.0. The van der Waals surface area contributed by atoms with Gasteiger partial charge in [0.1, 0.15) is 6.07 Å². The zero-order valence-electron chi connectivity index (χ0n) is 8.83. The summed E-state index contributed by atoms with van der Waals surface area (Å²) < 4.78 is 1.96. The second-order valence-electron chi connectivity index (χ2n) is 3.25. The summed E-state index contributed by atoms with van der Waals surface area (Å²) in [6.45, 7) is 0. The van der Waals surface area contributed by atoms with E-state index < -0.39 is 0 Å². The maximum atomic E-state index is 9.22. The summed E-state index contributed by atoms with van der Waals surface area (Å²) in [4.78, 5) is 0. The molecule has 0 saturated heterocycles. The number of halogens is 2. The topological polar surface area (TPSA) is 23.8 Å². The van der Waals surface area contributed by atoms with Crippen LogP contribution in [0.2, 0.25) is 5.02 Å². The van der Waals surface area contributed by atoms with E-state index in [1.54, 1.807) is 23.1 Å². The minimum atomic E-state index is 0.654. The summed E-state index contributed by atoms with van der Waals surface area (Å²) in [7, 11) is 0. The van der Waals surface area contributed by atoms with Crippen molar-refractivity contribution in [3.8, 4) is 17.2 Å². The molecular weight excluding hydrogens is 338 g/mol. The number of nitrogens with zero attached hydrogens (tertiary/aromatic N) is 1. The Morgan fingerprint density at radius 3 is 2.76 bits per heavy atom. The first-order chi connectivity index (χ1) is 8.17. The molecule has 0 unspecified atom stereocenters. The molecule has 86 valence electrons. The summed E-state index contributed by atoms with van der Waals surface area (Å²) >= 11 is 12.7. The smallest absolute Gasteiger partial charge is 0.102 e. The summed E-state index contributed by atoms with van der Waals surface area (Å²) in [6.07, 6.45) is 1.97. The lowest BCUT2D eigenvalue weighted by atomic mass is 10.1. The molecule has 1 aromatic carbocycles. The molecule has 0 saturated carbocycles. The summed E-state index contributed by atoms with van der Waals surface area (Å²) in [5, 5.41) is 11.9. The SMILES string of the molecule is CSc1scc(-c2ccc(Br)cc2Cl)c1C#N. The van der Waals surface area contributed by atoms with Crippen molar-refractivity contribution < 1.29 is 0 Å². The van der Waals surface area contributed by atoms with Crippen LogP contribution in [0.1, 0.15) is 5.56 Å². The van der Waals surface area contributed by atoms with Crippen LogP contribution in [0.3, 0.4) is 0 Å². The number of nitriles is 1. The van der Waals surface area contributed by atoms with Gasteiger partial charge >= 0.3 is 0 Å². The van der Waals surface area contributed by atoms with Gasteiger partial charge in [0, 0.05) is 26.0 Å². The van der Waals surface area contributed by atoms with Gasteiger partial charge in [-0.25, -0.2) is 0 Å². The fourth-order valence-corrected chi connectivity index (χ4v) is 3.91. The van der Waals surface area contributed by atoms with E-state index in [1.165, 1.54) is 0 Å². The van der Waals surface area contributed by atoms with Crippen molar-refractivity contribution >= 4 is 50.6 Å². The quantitative estimate of drug-likeness (QED) is 0.679. The van der Waals surface area contributed by atoms with Gasteiger partial charge in [0.15, 0.2) is 0 Å². The van der Waals surface area contributed by atoms with Crippen molar-refractivity contribution in [2.45, 2.75) is 4.21 Å². The van der Waals surface area contributed by atoms with E-state index in [4.69, 9.17) is 11.6 Å². The molecule has 2 rings (SSSR count). The van der Waals surface area contributed by atoms with Crippen LogP contribution in [0, 0.1) is 11.3 Å². The Labute approximate surface area is 122 Å². The third-order valence-electron chi connectivity index (χ3n) is 2.28. The van der Waals surface area contributed by atoms with Crippen molar-refractivity contribution in [1.82, 2.24) is 0 Å². The van der Waals surface area contributed by atoms with Crippen molar-refractivity contribution in [3.05, 3.63) is 38.6 Å². The number of thiophene rings is 1. The average Bonchev–Trinajstić information content (AvgIpc) is 2.71. The van der Waals surface area contributed by atoms with E-state index >= 15 is 0 Å². The molecule has 0 atom stereocenters. The van der Waals surface area contributed by atoms with Gasteiger partial charge in [-0.05, 0) is 18.4 Å². The first-order valence-corrected chi connectivity index (χ1v) is 7.96. The fourth-order valence-electron chi connectivity index (χ4n) is 1.50.